The van der Waals surface area contributed by atoms with Crippen molar-refractivity contribution in [2.75, 3.05) is 6.54 Å². The van der Waals surface area contributed by atoms with E-state index in [2.05, 4.69) is 55.6 Å². The van der Waals surface area contributed by atoms with Crippen LogP contribution in [0.25, 0.3) is 0 Å². The molecule has 0 spiro atoms. The molecule has 0 saturated heterocycles. The molecule has 0 amide bonds. The predicted molar refractivity (Wildman–Crippen MR) is 94.2 cm³/mol. The molecule has 0 heterocycles. The van der Waals surface area contributed by atoms with Gasteiger partial charge in [0.15, 0.2) is 0 Å². The van der Waals surface area contributed by atoms with E-state index in [0.717, 1.165) is 30.3 Å². The molecule has 0 unspecified atom stereocenters. The molecule has 112 valence electrons. The Hall–Kier alpha value is -0.960. The van der Waals surface area contributed by atoms with Crippen molar-refractivity contribution in [1.82, 2.24) is 5.32 Å². The summed E-state index contributed by atoms with van der Waals surface area (Å²) in [7, 11) is 0. The van der Waals surface area contributed by atoms with Crippen molar-refractivity contribution >= 4 is 23.4 Å². The Morgan fingerprint density at radius 2 is 1.90 bits per heavy atom. The van der Waals surface area contributed by atoms with Crippen LogP contribution in [0.15, 0.2) is 47.4 Å². The van der Waals surface area contributed by atoms with Crippen LogP contribution in [0.5, 0.6) is 0 Å². The lowest BCUT2D eigenvalue weighted by Crippen LogP contribution is -2.14. The van der Waals surface area contributed by atoms with Gasteiger partial charge in [0, 0.05) is 22.2 Å². The number of benzene rings is 2. The minimum atomic E-state index is 0.807. The average Bonchev–Trinajstić information content (AvgIpc) is 2.48. The van der Waals surface area contributed by atoms with Crippen LogP contribution < -0.4 is 5.32 Å². The van der Waals surface area contributed by atoms with Gasteiger partial charge in [-0.25, -0.2) is 0 Å². The molecule has 0 radical (unpaired) electrons. The second kappa shape index (κ2) is 8.47. The highest BCUT2D eigenvalue weighted by Crippen LogP contribution is 2.29. The van der Waals surface area contributed by atoms with Gasteiger partial charge in [0.1, 0.15) is 0 Å². The van der Waals surface area contributed by atoms with Crippen molar-refractivity contribution < 1.29 is 0 Å². The van der Waals surface area contributed by atoms with E-state index in [9.17, 15) is 0 Å². The maximum Gasteiger partial charge on any atom is 0.0417 e. The summed E-state index contributed by atoms with van der Waals surface area (Å²) in [6.07, 6.45) is 1.15. The van der Waals surface area contributed by atoms with E-state index < -0.39 is 0 Å². The normalized spacial score (nSPS) is 10.8. The molecular weight excluding hydrogens is 298 g/mol. The molecule has 3 heteroatoms. The zero-order valence-electron chi connectivity index (χ0n) is 12.7. The van der Waals surface area contributed by atoms with Gasteiger partial charge in [0.05, 0.1) is 0 Å². The van der Waals surface area contributed by atoms with Gasteiger partial charge in [-0.15, -0.1) is 11.8 Å². The highest BCUT2D eigenvalue weighted by atomic mass is 35.5. The van der Waals surface area contributed by atoms with Crippen molar-refractivity contribution in [2.45, 2.75) is 37.5 Å². The third kappa shape index (κ3) is 5.06. The van der Waals surface area contributed by atoms with Crippen molar-refractivity contribution in [3.05, 3.63) is 64.2 Å². The molecular formula is C18H22ClNS. The molecule has 2 rings (SSSR count). The molecule has 0 saturated carbocycles. The van der Waals surface area contributed by atoms with Gasteiger partial charge in [-0.1, -0.05) is 48.9 Å². The van der Waals surface area contributed by atoms with E-state index in [1.807, 2.05) is 17.8 Å². The van der Waals surface area contributed by atoms with Gasteiger partial charge in [0.2, 0.25) is 0 Å². The Labute approximate surface area is 137 Å². The summed E-state index contributed by atoms with van der Waals surface area (Å²) in [5.74, 6) is 0.980. The SMILES string of the molecule is CCCNCc1ccc(Cl)cc1SCc1ccccc1C. The molecule has 0 aliphatic rings. The standard InChI is InChI=1S/C18H22ClNS/c1-3-10-20-12-15-8-9-17(19)11-18(15)21-13-16-7-5-4-6-14(16)2/h4-9,11,20H,3,10,12-13H2,1-2H3. The average molecular weight is 320 g/mol. The van der Waals surface area contributed by atoms with E-state index in [4.69, 9.17) is 11.6 Å². The molecule has 0 aliphatic carbocycles. The Morgan fingerprint density at radius 3 is 2.67 bits per heavy atom. The van der Waals surface area contributed by atoms with Crippen molar-refractivity contribution in [2.24, 2.45) is 0 Å². The maximum atomic E-state index is 6.16. The topological polar surface area (TPSA) is 12.0 Å². The Morgan fingerprint density at radius 1 is 1.10 bits per heavy atom. The first-order valence-corrected chi connectivity index (χ1v) is 8.73. The highest BCUT2D eigenvalue weighted by Gasteiger charge is 2.06. The zero-order chi connectivity index (χ0) is 15.1. The lowest BCUT2D eigenvalue weighted by atomic mass is 10.1. The monoisotopic (exact) mass is 319 g/mol. The summed E-state index contributed by atoms with van der Waals surface area (Å²) in [5.41, 5.74) is 4.05. The first-order chi connectivity index (χ1) is 10.2. The summed E-state index contributed by atoms with van der Waals surface area (Å²) >= 11 is 8.02. The third-order valence-electron chi connectivity index (χ3n) is 3.42. The minimum Gasteiger partial charge on any atom is -0.313 e. The van der Waals surface area contributed by atoms with E-state index in [-0.39, 0.29) is 0 Å². The smallest absolute Gasteiger partial charge is 0.0417 e. The number of hydrogen-bond acceptors (Lipinski definition) is 2. The van der Waals surface area contributed by atoms with Crippen LogP contribution in [0.3, 0.4) is 0 Å². The van der Waals surface area contributed by atoms with Crippen LogP contribution in [0.4, 0.5) is 0 Å². The highest BCUT2D eigenvalue weighted by molar-refractivity contribution is 7.98. The van der Waals surface area contributed by atoms with Gasteiger partial charge >= 0.3 is 0 Å². The second-order valence-corrected chi connectivity index (χ2v) is 6.60. The van der Waals surface area contributed by atoms with E-state index in [1.165, 1.54) is 21.6 Å². The van der Waals surface area contributed by atoms with Crippen LogP contribution in [0, 0.1) is 6.92 Å². The Balaban J connectivity index is 2.07. The summed E-state index contributed by atoms with van der Waals surface area (Å²) in [6.45, 7) is 6.30. The molecule has 2 aromatic rings. The predicted octanol–water partition coefficient (Wildman–Crippen LogP) is 5.44. The molecule has 0 bridgehead atoms. The fourth-order valence-corrected chi connectivity index (χ4v) is 3.54. The number of hydrogen-bond donors (Lipinski definition) is 1. The summed E-state index contributed by atoms with van der Waals surface area (Å²) < 4.78 is 0. The first kappa shape index (κ1) is 16.4. The number of nitrogens with one attached hydrogen (secondary N) is 1. The first-order valence-electron chi connectivity index (χ1n) is 7.37. The lowest BCUT2D eigenvalue weighted by Gasteiger charge is -2.11. The largest absolute Gasteiger partial charge is 0.313 e. The van der Waals surface area contributed by atoms with Crippen LogP contribution >= 0.6 is 23.4 Å². The van der Waals surface area contributed by atoms with E-state index in [1.54, 1.807) is 0 Å². The molecule has 2 aromatic carbocycles. The van der Waals surface area contributed by atoms with Crippen molar-refractivity contribution in [1.29, 1.82) is 0 Å². The number of aryl methyl sites for hydroxylation is 1. The van der Waals surface area contributed by atoms with Gasteiger partial charge < -0.3 is 5.32 Å². The number of halogens is 1. The molecule has 1 nitrogen and oxygen atoms in total. The molecule has 1 N–H and O–H groups in total. The lowest BCUT2D eigenvalue weighted by molar-refractivity contribution is 0.669. The number of thioether (sulfide) groups is 1. The van der Waals surface area contributed by atoms with E-state index in [0.29, 0.717) is 0 Å². The molecule has 21 heavy (non-hydrogen) atoms. The fraction of sp³-hybridized carbons (Fsp3) is 0.333. The molecule has 0 atom stereocenters. The van der Waals surface area contributed by atoms with Crippen LogP contribution in [-0.2, 0) is 12.3 Å². The molecule has 0 aliphatic heterocycles. The van der Waals surface area contributed by atoms with Crippen LogP contribution in [0.1, 0.15) is 30.0 Å². The van der Waals surface area contributed by atoms with Crippen molar-refractivity contribution in [3.63, 3.8) is 0 Å². The quantitative estimate of drug-likeness (QED) is 0.538. The van der Waals surface area contributed by atoms with Gasteiger partial charge in [-0.05, 0) is 48.7 Å². The molecule has 0 fully saturated rings. The maximum absolute atomic E-state index is 6.16. The summed E-state index contributed by atoms with van der Waals surface area (Å²) in [6, 6.07) is 14.7. The van der Waals surface area contributed by atoms with Crippen molar-refractivity contribution in [3.8, 4) is 0 Å². The van der Waals surface area contributed by atoms with Crippen LogP contribution in [0.2, 0.25) is 5.02 Å². The van der Waals surface area contributed by atoms with E-state index >= 15 is 0 Å². The Bertz CT molecular complexity index is 583. The van der Waals surface area contributed by atoms with Gasteiger partial charge in [0.25, 0.3) is 0 Å². The number of rotatable bonds is 7. The fourth-order valence-electron chi connectivity index (χ4n) is 2.14. The minimum absolute atomic E-state index is 0.807. The Kier molecular flexibility index (Phi) is 6.62. The summed E-state index contributed by atoms with van der Waals surface area (Å²) in [5, 5.41) is 4.27. The second-order valence-electron chi connectivity index (χ2n) is 5.14. The third-order valence-corrected chi connectivity index (χ3v) is 4.80. The summed E-state index contributed by atoms with van der Waals surface area (Å²) in [4.78, 5) is 1.27. The van der Waals surface area contributed by atoms with Crippen LogP contribution in [-0.4, -0.2) is 6.54 Å². The zero-order valence-corrected chi connectivity index (χ0v) is 14.2. The van der Waals surface area contributed by atoms with Gasteiger partial charge in [-0.2, -0.15) is 0 Å². The molecule has 0 aromatic heterocycles. The van der Waals surface area contributed by atoms with Gasteiger partial charge in [-0.3, -0.25) is 0 Å².